The third-order valence-electron chi connectivity index (χ3n) is 5.66. The van der Waals surface area contributed by atoms with Crippen LogP contribution in [0.2, 0.25) is 0 Å². The maximum absolute atomic E-state index is 13.4. The molecule has 0 radical (unpaired) electrons. The number of ether oxygens (including phenoxy) is 1. The fourth-order valence-corrected chi connectivity index (χ4v) is 3.67. The Morgan fingerprint density at radius 3 is 2.44 bits per heavy atom. The molecular weight excluding hydrogens is 431 g/mol. The van der Waals surface area contributed by atoms with E-state index in [4.69, 9.17) is 4.74 Å². The molecule has 2 aromatic heterocycles. The van der Waals surface area contributed by atoms with Gasteiger partial charge in [-0.25, -0.2) is 14.4 Å². The normalized spacial score (nSPS) is 11.1. The van der Waals surface area contributed by atoms with Gasteiger partial charge in [-0.15, -0.1) is 0 Å². The van der Waals surface area contributed by atoms with E-state index in [1.165, 1.54) is 12.1 Å². The number of benzene rings is 2. The fraction of sp³-hybridized carbons (Fsp3) is 0.259. The summed E-state index contributed by atoms with van der Waals surface area (Å²) in [5.74, 6) is 1.46. The van der Waals surface area contributed by atoms with Gasteiger partial charge in [0.15, 0.2) is 0 Å². The summed E-state index contributed by atoms with van der Waals surface area (Å²) < 4.78 is 20.6. The number of aromatic nitrogens is 4. The molecule has 2 aromatic carbocycles. The molecule has 0 bridgehead atoms. The van der Waals surface area contributed by atoms with Gasteiger partial charge in [0.2, 0.25) is 5.88 Å². The molecule has 6 nitrogen and oxygen atoms in total. The fourth-order valence-electron chi connectivity index (χ4n) is 3.67. The third kappa shape index (κ3) is 4.73. The van der Waals surface area contributed by atoms with Gasteiger partial charge in [-0.2, -0.15) is 4.98 Å². The molecule has 0 amide bonds. The highest BCUT2D eigenvalue weighted by Gasteiger charge is 2.16. The highest BCUT2D eigenvalue weighted by Crippen LogP contribution is 2.25. The van der Waals surface area contributed by atoms with Crippen LogP contribution in [0.3, 0.4) is 0 Å². The molecule has 0 spiro atoms. The number of nitrogens with zero attached hydrogens (tertiary/aromatic N) is 4. The van der Waals surface area contributed by atoms with Gasteiger partial charge in [0, 0.05) is 17.7 Å². The lowest BCUT2D eigenvalue weighted by Crippen LogP contribution is -2.26. The first-order valence-corrected chi connectivity index (χ1v) is 11.2. The van der Waals surface area contributed by atoms with E-state index in [0.29, 0.717) is 11.4 Å². The summed E-state index contributed by atoms with van der Waals surface area (Å²) in [4.78, 5) is 27.0. The number of halogens is 1. The van der Waals surface area contributed by atoms with Crippen molar-refractivity contribution in [1.29, 1.82) is 0 Å². The van der Waals surface area contributed by atoms with Crippen molar-refractivity contribution in [3.05, 3.63) is 99.2 Å². The van der Waals surface area contributed by atoms with Crippen molar-refractivity contribution in [3.8, 4) is 22.8 Å². The second-order valence-electron chi connectivity index (χ2n) is 8.60. The Kier molecular flexibility index (Phi) is 6.54. The van der Waals surface area contributed by atoms with Crippen molar-refractivity contribution in [2.75, 3.05) is 0 Å². The smallest absolute Gasteiger partial charge is 0.264 e. The Balaban J connectivity index is 1.71. The zero-order valence-corrected chi connectivity index (χ0v) is 20.0. The third-order valence-corrected chi connectivity index (χ3v) is 5.66. The first kappa shape index (κ1) is 23.3. The first-order valence-electron chi connectivity index (χ1n) is 11.2. The van der Waals surface area contributed by atoms with Crippen LogP contribution < -0.4 is 10.3 Å². The van der Waals surface area contributed by atoms with Gasteiger partial charge in [-0.05, 0) is 56.2 Å². The minimum atomic E-state index is -0.309. The van der Waals surface area contributed by atoms with Crippen LogP contribution in [0.4, 0.5) is 4.39 Å². The molecule has 0 aliphatic carbocycles. The van der Waals surface area contributed by atoms with E-state index in [0.717, 1.165) is 33.9 Å². The molecule has 0 aliphatic heterocycles. The summed E-state index contributed by atoms with van der Waals surface area (Å²) in [6.07, 6.45) is 1.76. The number of rotatable bonds is 6. The van der Waals surface area contributed by atoms with Gasteiger partial charge in [0.25, 0.3) is 5.56 Å². The molecule has 2 heterocycles. The molecule has 7 heteroatoms. The van der Waals surface area contributed by atoms with Crippen molar-refractivity contribution >= 4 is 0 Å². The Morgan fingerprint density at radius 2 is 1.74 bits per heavy atom. The second-order valence-corrected chi connectivity index (χ2v) is 8.60. The van der Waals surface area contributed by atoms with Crippen LogP contribution in [0.5, 0.6) is 5.88 Å². The minimum absolute atomic E-state index is 0.192. The first-order chi connectivity index (χ1) is 16.2. The Morgan fingerprint density at radius 1 is 1.00 bits per heavy atom. The molecule has 174 valence electrons. The topological polar surface area (TPSA) is 69.9 Å². The number of aryl methyl sites for hydroxylation is 2. The highest BCUT2D eigenvalue weighted by molar-refractivity contribution is 5.64. The largest absolute Gasteiger partial charge is 0.472 e. The van der Waals surface area contributed by atoms with Crippen LogP contribution in [0.1, 0.15) is 48.1 Å². The van der Waals surface area contributed by atoms with Crippen LogP contribution in [-0.2, 0) is 6.61 Å². The van der Waals surface area contributed by atoms with Gasteiger partial charge in [-0.1, -0.05) is 38.1 Å². The molecule has 0 fully saturated rings. The predicted octanol–water partition coefficient (Wildman–Crippen LogP) is 5.46. The average Bonchev–Trinajstić information content (AvgIpc) is 2.82. The van der Waals surface area contributed by atoms with Crippen LogP contribution in [0, 0.1) is 26.6 Å². The summed E-state index contributed by atoms with van der Waals surface area (Å²) >= 11 is 0. The zero-order valence-electron chi connectivity index (χ0n) is 20.0. The molecule has 34 heavy (non-hydrogen) atoms. The van der Waals surface area contributed by atoms with Crippen LogP contribution in [0.25, 0.3) is 16.9 Å². The zero-order chi connectivity index (χ0) is 24.4. The summed E-state index contributed by atoms with van der Waals surface area (Å²) in [5, 5.41) is 0. The van der Waals surface area contributed by atoms with E-state index in [2.05, 4.69) is 28.8 Å². The molecule has 0 unspecified atom stereocenters. The Hall–Kier alpha value is -3.87. The SMILES string of the molecule is Cc1ccc(-c2ccnc(C(C)C)n2)cc1-n1c(C)nc(OCc2ccc(F)cc2)c(C)c1=O. The monoisotopic (exact) mass is 458 g/mol. The van der Waals surface area contributed by atoms with Crippen molar-refractivity contribution in [2.24, 2.45) is 0 Å². The lowest BCUT2D eigenvalue weighted by Gasteiger charge is -2.17. The standard InChI is InChI=1S/C27H27FN4O2/c1-16(2)25-29-13-12-23(31-25)21-9-6-17(3)24(14-21)32-19(5)30-26(18(4)27(32)33)34-15-20-7-10-22(28)11-8-20/h6-14,16H,15H2,1-5H3. The van der Waals surface area contributed by atoms with E-state index < -0.39 is 0 Å². The van der Waals surface area contributed by atoms with Gasteiger partial charge >= 0.3 is 0 Å². The lowest BCUT2D eigenvalue weighted by atomic mass is 10.1. The number of hydrogen-bond donors (Lipinski definition) is 0. The summed E-state index contributed by atoms with van der Waals surface area (Å²) in [7, 11) is 0. The predicted molar refractivity (Wildman–Crippen MR) is 130 cm³/mol. The molecular formula is C27H27FN4O2. The quantitative estimate of drug-likeness (QED) is 0.384. The maximum atomic E-state index is 13.4. The van der Waals surface area contributed by atoms with E-state index in [-0.39, 0.29) is 29.8 Å². The van der Waals surface area contributed by atoms with E-state index in [9.17, 15) is 9.18 Å². The average molecular weight is 459 g/mol. The van der Waals surface area contributed by atoms with Crippen molar-refractivity contribution < 1.29 is 9.13 Å². The second kappa shape index (κ2) is 9.55. The molecule has 0 atom stereocenters. The molecule has 0 N–H and O–H groups in total. The van der Waals surface area contributed by atoms with E-state index in [1.54, 1.807) is 36.7 Å². The summed E-state index contributed by atoms with van der Waals surface area (Å²) in [5.41, 5.74) is 4.37. The van der Waals surface area contributed by atoms with Gasteiger partial charge in [0.05, 0.1) is 16.9 Å². The minimum Gasteiger partial charge on any atom is -0.472 e. The van der Waals surface area contributed by atoms with Crippen LogP contribution in [-0.4, -0.2) is 19.5 Å². The number of hydrogen-bond acceptors (Lipinski definition) is 5. The van der Waals surface area contributed by atoms with Crippen molar-refractivity contribution in [3.63, 3.8) is 0 Å². The van der Waals surface area contributed by atoms with Crippen LogP contribution in [0.15, 0.2) is 59.5 Å². The molecule has 0 saturated carbocycles. The molecule has 4 aromatic rings. The van der Waals surface area contributed by atoms with Gasteiger partial charge in [-0.3, -0.25) is 9.36 Å². The van der Waals surface area contributed by atoms with E-state index in [1.807, 2.05) is 31.2 Å². The van der Waals surface area contributed by atoms with Crippen LogP contribution >= 0.6 is 0 Å². The summed E-state index contributed by atoms with van der Waals surface area (Å²) in [6, 6.07) is 13.8. The van der Waals surface area contributed by atoms with Gasteiger partial charge < -0.3 is 4.74 Å². The summed E-state index contributed by atoms with van der Waals surface area (Å²) in [6.45, 7) is 9.73. The highest BCUT2D eigenvalue weighted by atomic mass is 19.1. The van der Waals surface area contributed by atoms with Crippen molar-refractivity contribution in [2.45, 2.75) is 47.1 Å². The Bertz CT molecular complexity index is 1400. The molecule has 0 saturated heterocycles. The van der Waals surface area contributed by atoms with E-state index >= 15 is 0 Å². The van der Waals surface area contributed by atoms with Crippen molar-refractivity contribution in [1.82, 2.24) is 19.5 Å². The maximum Gasteiger partial charge on any atom is 0.264 e. The molecule has 0 aliphatic rings. The van der Waals surface area contributed by atoms with Gasteiger partial charge in [0.1, 0.15) is 24.1 Å². The Labute approximate surface area is 198 Å². The molecule has 4 rings (SSSR count). The lowest BCUT2D eigenvalue weighted by molar-refractivity contribution is 0.289.